The maximum absolute atomic E-state index is 10.3. The topological polar surface area (TPSA) is 45.8 Å². The minimum Gasteiger partial charge on any atom is -0.339 e. The predicted octanol–water partition coefficient (Wildman–Crippen LogP) is 1.10. The van der Waals surface area contributed by atoms with Crippen LogP contribution in [0.4, 0.5) is 0 Å². The second-order valence-corrected chi connectivity index (χ2v) is 2.87. The molecule has 2 rings (SSSR count). The van der Waals surface area contributed by atoms with Crippen LogP contribution < -0.4 is 0 Å². The summed E-state index contributed by atoms with van der Waals surface area (Å²) >= 11 is 0. The standard InChI is InChI=1S/C8H10N2O/c11-5-8-9-6-3-1-2-4-7(6)10-8/h5H,1-4H2,(H,9,10). The largest absolute Gasteiger partial charge is 0.339 e. The van der Waals surface area contributed by atoms with Crippen LogP contribution in [0.15, 0.2) is 0 Å². The lowest BCUT2D eigenvalue weighted by molar-refractivity contribution is 0.111. The third kappa shape index (κ3) is 1.06. The molecule has 0 saturated heterocycles. The zero-order chi connectivity index (χ0) is 7.68. The lowest BCUT2D eigenvalue weighted by Gasteiger charge is -2.07. The molecule has 1 aliphatic rings. The van der Waals surface area contributed by atoms with E-state index in [1.54, 1.807) is 0 Å². The molecule has 3 heteroatoms. The van der Waals surface area contributed by atoms with Gasteiger partial charge in [0.2, 0.25) is 0 Å². The monoisotopic (exact) mass is 150 g/mol. The molecule has 11 heavy (non-hydrogen) atoms. The summed E-state index contributed by atoms with van der Waals surface area (Å²) in [5.41, 5.74) is 2.26. The Hall–Kier alpha value is -1.12. The molecule has 0 aromatic carbocycles. The molecule has 0 aliphatic heterocycles. The van der Waals surface area contributed by atoms with E-state index in [0.29, 0.717) is 5.82 Å². The Morgan fingerprint density at radius 2 is 2.18 bits per heavy atom. The van der Waals surface area contributed by atoms with Crippen molar-refractivity contribution in [3.05, 3.63) is 17.2 Å². The maximum atomic E-state index is 10.3. The summed E-state index contributed by atoms with van der Waals surface area (Å²) in [7, 11) is 0. The van der Waals surface area contributed by atoms with Gasteiger partial charge in [-0.15, -0.1) is 0 Å². The molecule has 0 atom stereocenters. The number of nitrogens with one attached hydrogen (secondary N) is 1. The molecule has 0 spiro atoms. The average Bonchev–Trinajstić information content (AvgIpc) is 2.46. The van der Waals surface area contributed by atoms with Gasteiger partial charge in [0.25, 0.3) is 0 Å². The molecule has 0 radical (unpaired) electrons. The fourth-order valence-corrected chi connectivity index (χ4v) is 1.53. The van der Waals surface area contributed by atoms with Crippen LogP contribution in [0.2, 0.25) is 0 Å². The van der Waals surface area contributed by atoms with E-state index in [-0.39, 0.29) is 0 Å². The van der Waals surface area contributed by atoms with Crippen molar-refractivity contribution in [2.24, 2.45) is 0 Å². The minimum absolute atomic E-state index is 0.483. The fourth-order valence-electron chi connectivity index (χ4n) is 1.53. The first-order valence-electron chi connectivity index (χ1n) is 3.93. The second-order valence-electron chi connectivity index (χ2n) is 2.87. The summed E-state index contributed by atoms with van der Waals surface area (Å²) in [6.45, 7) is 0. The van der Waals surface area contributed by atoms with Gasteiger partial charge in [0, 0.05) is 5.69 Å². The Labute approximate surface area is 64.8 Å². The molecule has 1 aromatic rings. The van der Waals surface area contributed by atoms with Crippen LogP contribution in [0.3, 0.4) is 0 Å². The zero-order valence-electron chi connectivity index (χ0n) is 6.26. The van der Waals surface area contributed by atoms with Gasteiger partial charge in [-0.3, -0.25) is 4.79 Å². The molecular formula is C8H10N2O. The van der Waals surface area contributed by atoms with Crippen LogP contribution in [-0.2, 0) is 12.8 Å². The SMILES string of the molecule is O=Cc1nc2c([nH]1)CCCC2. The van der Waals surface area contributed by atoms with Gasteiger partial charge in [0.1, 0.15) is 0 Å². The molecule has 0 fully saturated rings. The van der Waals surface area contributed by atoms with Crippen LogP contribution in [0, 0.1) is 0 Å². The quantitative estimate of drug-likeness (QED) is 0.609. The van der Waals surface area contributed by atoms with Crippen molar-refractivity contribution in [1.29, 1.82) is 0 Å². The highest BCUT2D eigenvalue weighted by Gasteiger charge is 2.13. The third-order valence-electron chi connectivity index (χ3n) is 2.08. The van der Waals surface area contributed by atoms with Crippen molar-refractivity contribution in [3.63, 3.8) is 0 Å². The van der Waals surface area contributed by atoms with E-state index in [9.17, 15) is 4.79 Å². The number of fused-ring (bicyclic) bond motifs is 1. The molecule has 1 aliphatic carbocycles. The first-order valence-corrected chi connectivity index (χ1v) is 3.93. The van der Waals surface area contributed by atoms with Gasteiger partial charge >= 0.3 is 0 Å². The lowest BCUT2D eigenvalue weighted by Crippen LogP contribution is -2.00. The van der Waals surface area contributed by atoms with Gasteiger partial charge < -0.3 is 4.98 Å². The van der Waals surface area contributed by atoms with E-state index in [0.717, 1.165) is 24.8 Å². The van der Waals surface area contributed by atoms with Gasteiger partial charge in [-0.1, -0.05) is 0 Å². The van der Waals surface area contributed by atoms with Crippen molar-refractivity contribution in [2.45, 2.75) is 25.7 Å². The number of aromatic amines is 1. The number of hydrogen-bond donors (Lipinski definition) is 1. The van der Waals surface area contributed by atoms with Crippen LogP contribution in [0.1, 0.15) is 34.8 Å². The van der Waals surface area contributed by atoms with Gasteiger partial charge in [0.15, 0.2) is 12.1 Å². The molecule has 1 aromatic heterocycles. The lowest BCUT2D eigenvalue weighted by atomic mass is 10.0. The Morgan fingerprint density at radius 3 is 2.91 bits per heavy atom. The van der Waals surface area contributed by atoms with E-state index in [1.165, 1.54) is 18.5 Å². The average molecular weight is 150 g/mol. The van der Waals surface area contributed by atoms with Crippen molar-refractivity contribution < 1.29 is 4.79 Å². The summed E-state index contributed by atoms with van der Waals surface area (Å²) < 4.78 is 0. The summed E-state index contributed by atoms with van der Waals surface area (Å²) in [6, 6.07) is 0. The van der Waals surface area contributed by atoms with Crippen molar-refractivity contribution in [3.8, 4) is 0 Å². The van der Waals surface area contributed by atoms with Gasteiger partial charge in [-0.25, -0.2) is 4.98 Å². The van der Waals surface area contributed by atoms with E-state index < -0.39 is 0 Å². The summed E-state index contributed by atoms with van der Waals surface area (Å²) in [5, 5.41) is 0. The molecule has 0 saturated carbocycles. The highest BCUT2D eigenvalue weighted by molar-refractivity contribution is 5.69. The molecule has 1 N–H and O–H groups in total. The highest BCUT2D eigenvalue weighted by atomic mass is 16.1. The summed E-state index contributed by atoms with van der Waals surface area (Å²) in [6.07, 6.45) is 5.28. The normalized spacial score (nSPS) is 16.0. The number of aromatic nitrogens is 2. The molecule has 1 heterocycles. The van der Waals surface area contributed by atoms with E-state index in [2.05, 4.69) is 9.97 Å². The molecule has 0 unspecified atom stereocenters. The van der Waals surface area contributed by atoms with Crippen LogP contribution in [0.25, 0.3) is 0 Å². The highest BCUT2D eigenvalue weighted by Crippen LogP contribution is 2.17. The number of hydrogen-bond acceptors (Lipinski definition) is 2. The minimum atomic E-state index is 0.483. The molecule has 58 valence electrons. The zero-order valence-corrected chi connectivity index (χ0v) is 6.26. The number of aryl methyl sites for hydroxylation is 2. The van der Waals surface area contributed by atoms with Crippen LogP contribution in [0.5, 0.6) is 0 Å². The number of rotatable bonds is 1. The Kier molecular flexibility index (Phi) is 1.49. The van der Waals surface area contributed by atoms with Crippen LogP contribution >= 0.6 is 0 Å². The van der Waals surface area contributed by atoms with Crippen molar-refractivity contribution in [2.75, 3.05) is 0 Å². The number of carbonyl (C=O) groups is 1. The molecule has 3 nitrogen and oxygen atoms in total. The first-order chi connectivity index (χ1) is 5.40. The first kappa shape index (κ1) is 6.58. The predicted molar refractivity (Wildman–Crippen MR) is 40.6 cm³/mol. The summed E-state index contributed by atoms with van der Waals surface area (Å²) in [4.78, 5) is 17.5. The number of nitrogens with zero attached hydrogens (tertiary/aromatic N) is 1. The van der Waals surface area contributed by atoms with Gasteiger partial charge in [-0.05, 0) is 25.7 Å². The molecule has 0 bridgehead atoms. The Balaban J connectivity index is 2.39. The Morgan fingerprint density at radius 1 is 1.36 bits per heavy atom. The third-order valence-corrected chi connectivity index (χ3v) is 2.08. The van der Waals surface area contributed by atoms with E-state index >= 15 is 0 Å². The number of aldehydes is 1. The fraction of sp³-hybridized carbons (Fsp3) is 0.500. The van der Waals surface area contributed by atoms with Crippen molar-refractivity contribution in [1.82, 2.24) is 9.97 Å². The van der Waals surface area contributed by atoms with Crippen LogP contribution in [-0.4, -0.2) is 16.3 Å². The smallest absolute Gasteiger partial charge is 0.185 e. The molecular weight excluding hydrogens is 140 g/mol. The number of H-pyrrole nitrogens is 1. The second kappa shape index (κ2) is 2.49. The van der Waals surface area contributed by atoms with Gasteiger partial charge in [-0.2, -0.15) is 0 Å². The van der Waals surface area contributed by atoms with Gasteiger partial charge in [0.05, 0.1) is 5.69 Å². The molecule has 0 amide bonds. The van der Waals surface area contributed by atoms with E-state index in [1.807, 2.05) is 0 Å². The number of carbonyl (C=O) groups excluding carboxylic acids is 1. The summed E-state index contributed by atoms with van der Waals surface area (Å²) in [5.74, 6) is 0.483. The maximum Gasteiger partial charge on any atom is 0.185 e. The van der Waals surface area contributed by atoms with Crippen molar-refractivity contribution >= 4 is 6.29 Å². The Bertz CT molecular complexity index is 254. The van der Waals surface area contributed by atoms with E-state index in [4.69, 9.17) is 0 Å². The number of imidazole rings is 1.